The first-order valence-electron chi connectivity index (χ1n) is 6.60. The van der Waals surface area contributed by atoms with Gasteiger partial charge in [-0.3, -0.25) is 9.78 Å². The van der Waals surface area contributed by atoms with Crippen molar-refractivity contribution < 1.29 is 9.53 Å². The van der Waals surface area contributed by atoms with Crippen molar-refractivity contribution in [1.82, 2.24) is 10.3 Å². The van der Waals surface area contributed by atoms with Gasteiger partial charge in [0.2, 0.25) is 0 Å². The summed E-state index contributed by atoms with van der Waals surface area (Å²) >= 11 is 1.76. The predicted octanol–water partition coefficient (Wildman–Crippen LogP) is 2.88. The number of amides is 1. The average Bonchev–Trinajstić information content (AvgIpc) is 2.54. The highest BCUT2D eigenvalue weighted by atomic mass is 32.2. The van der Waals surface area contributed by atoms with Crippen molar-refractivity contribution >= 4 is 17.7 Å². The van der Waals surface area contributed by atoms with Crippen LogP contribution in [-0.2, 0) is 11.5 Å². The Morgan fingerprint density at radius 3 is 2.90 bits per heavy atom. The molecule has 0 bridgehead atoms. The lowest BCUT2D eigenvalue weighted by Gasteiger charge is -2.05. The Labute approximate surface area is 128 Å². The number of carbonyl (C=O) groups excluding carboxylic acids is 1. The van der Waals surface area contributed by atoms with Gasteiger partial charge in [0.1, 0.15) is 5.75 Å². The Kier molecular flexibility index (Phi) is 5.63. The van der Waals surface area contributed by atoms with E-state index in [9.17, 15) is 4.79 Å². The van der Waals surface area contributed by atoms with Crippen LogP contribution in [0.5, 0.6) is 5.75 Å². The number of methoxy groups -OCH3 is 1. The summed E-state index contributed by atoms with van der Waals surface area (Å²) in [5.41, 5.74) is 2.81. The molecule has 0 atom stereocenters. The van der Waals surface area contributed by atoms with Crippen LogP contribution in [0.4, 0.5) is 0 Å². The van der Waals surface area contributed by atoms with Crippen LogP contribution in [0.2, 0.25) is 0 Å². The van der Waals surface area contributed by atoms with Gasteiger partial charge in [0, 0.05) is 36.4 Å². The van der Waals surface area contributed by atoms with Gasteiger partial charge < -0.3 is 10.1 Å². The lowest BCUT2D eigenvalue weighted by molar-refractivity contribution is 0.0963. The molecule has 0 saturated heterocycles. The topological polar surface area (TPSA) is 51.2 Å². The maximum absolute atomic E-state index is 11.6. The molecule has 0 fully saturated rings. The fraction of sp³-hybridized carbons (Fsp3) is 0.250. The largest absolute Gasteiger partial charge is 0.497 e. The van der Waals surface area contributed by atoms with Crippen molar-refractivity contribution in [1.29, 1.82) is 0 Å². The van der Waals surface area contributed by atoms with Crippen molar-refractivity contribution in [2.75, 3.05) is 14.2 Å². The van der Waals surface area contributed by atoms with E-state index in [4.69, 9.17) is 4.74 Å². The molecule has 1 amide bonds. The molecule has 0 aliphatic heterocycles. The number of pyridine rings is 1. The van der Waals surface area contributed by atoms with Crippen molar-refractivity contribution in [3.8, 4) is 5.75 Å². The van der Waals surface area contributed by atoms with Crippen LogP contribution in [0.1, 0.15) is 21.6 Å². The number of rotatable bonds is 6. The normalized spacial score (nSPS) is 10.2. The summed E-state index contributed by atoms with van der Waals surface area (Å²) in [5.74, 6) is 2.41. The second-order valence-electron chi connectivity index (χ2n) is 4.46. The number of ether oxygens (including phenoxy) is 1. The van der Waals surface area contributed by atoms with Crippen LogP contribution in [0, 0.1) is 0 Å². The predicted molar refractivity (Wildman–Crippen MR) is 85.6 cm³/mol. The Morgan fingerprint density at radius 1 is 1.29 bits per heavy atom. The molecule has 110 valence electrons. The van der Waals surface area contributed by atoms with Crippen LogP contribution in [0.3, 0.4) is 0 Å². The monoisotopic (exact) mass is 302 g/mol. The zero-order valence-corrected chi connectivity index (χ0v) is 12.9. The van der Waals surface area contributed by atoms with E-state index in [1.165, 1.54) is 0 Å². The van der Waals surface area contributed by atoms with Crippen molar-refractivity contribution in [3.63, 3.8) is 0 Å². The van der Waals surface area contributed by atoms with E-state index in [-0.39, 0.29) is 5.91 Å². The van der Waals surface area contributed by atoms with Crippen molar-refractivity contribution in [2.45, 2.75) is 11.5 Å². The van der Waals surface area contributed by atoms with Crippen LogP contribution < -0.4 is 10.1 Å². The number of benzene rings is 1. The number of carbonyl (C=O) groups is 1. The summed E-state index contributed by atoms with van der Waals surface area (Å²) in [7, 11) is 3.29. The molecule has 0 aliphatic carbocycles. The molecule has 0 radical (unpaired) electrons. The van der Waals surface area contributed by atoms with E-state index in [2.05, 4.69) is 10.3 Å². The second kappa shape index (κ2) is 7.69. The maximum atomic E-state index is 11.6. The van der Waals surface area contributed by atoms with Crippen LogP contribution in [0.15, 0.2) is 42.6 Å². The highest BCUT2D eigenvalue weighted by Gasteiger charge is 2.04. The summed E-state index contributed by atoms with van der Waals surface area (Å²) in [4.78, 5) is 15.9. The maximum Gasteiger partial charge on any atom is 0.251 e. The van der Waals surface area contributed by atoms with E-state index in [1.807, 2.05) is 36.4 Å². The molecular weight excluding hydrogens is 284 g/mol. The Balaban J connectivity index is 1.92. The smallest absolute Gasteiger partial charge is 0.251 e. The van der Waals surface area contributed by atoms with Gasteiger partial charge in [0.25, 0.3) is 5.91 Å². The molecule has 1 heterocycles. The molecule has 5 heteroatoms. The molecule has 0 aliphatic rings. The number of hydrogen-bond donors (Lipinski definition) is 1. The van der Waals surface area contributed by atoms with Gasteiger partial charge in [-0.1, -0.05) is 12.1 Å². The molecule has 0 unspecified atom stereocenters. The molecule has 1 aromatic heterocycles. The number of thioether (sulfide) groups is 1. The standard InChI is InChI=1S/C16H18N2O2S/c1-17-16(19)13-5-3-4-12(8-13)10-21-11-14-9-15(20-2)6-7-18-14/h3-9H,10-11H2,1-2H3,(H,17,19). The Hall–Kier alpha value is -2.01. The number of aromatic nitrogens is 1. The zero-order valence-electron chi connectivity index (χ0n) is 12.1. The minimum atomic E-state index is -0.0590. The van der Waals surface area contributed by atoms with E-state index in [0.29, 0.717) is 5.56 Å². The summed E-state index contributed by atoms with van der Waals surface area (Å²) in [6, 6.07) is 11.4. The molecular formula is C16H18N2O2S. The molecule has 2 aromatic rings. The fourth-order valence-electron chi connectivity index (χ4n) is 1.88. The molecule has 0 spiro atoms. The first-order chi connectivity index (χ1) is 10.2. The van der Waals surface area contributed by atoms with Gasteiger partial charge in [-0.05, 0) is 23.8 Å². The summed E-state index contributed by atoms with van der Waals surface area (Å²) in [5, 5.41) is 2.63. The fourth-order valence-corrected chi connectivity index (χ4v) is 2.77. The van der Waals surface area contributed by atoms with Gasteiger partial charge in [0.05, 0.1) is 12.8 Å². The number of nitrogens with zero attached hydrogens (tertiary/aromatic N) is 1. The lowest BCUT2D eigenvalue weighted by atomic mass is 10.1. The molecule has 0 saturated carbocycles. The summed E-state index contributed by atoms with van der Waals surface area (Å²) in [6.07, 6.45) is 1.75. The molecule has 4 nitrogen and oxygen atoms in total. The van der Waals surface area contributed by atoms with Gasteiger partial charge in [-0.2, -0.15) is 11.8 Å². The number of nitrogens with one attached hydrogen (secondary N) is 1. The van der Waals surface area contributed by atoms with Gasteiger partial charge in [-0.15, -0.1) is 0 Å². The summed E-state index contributed by atoms with van der Waals surface area (Å²) in [6.45, 7) is 0. The first kappa shape index (κ1) is 15.4. The average molecular weight is 302 g/mol. The van der Waals surface area contributed by atoms with Gasteiger partial charge >= 0.3 is 0 Å². The van der Waals surface area contributed by atoms with E-state index in [0.717, 1.165) is 28.5 Å². The SMILES string of the molecule is CNC(=O)c1cccc(CSCc2cc(OC)ccn2)c1. The first-order valence-corrected chi connectivity index (χ1v) is 7.76. The van der Waals surface area contributed by atoms with E-state index >= 15 is 0 Å². The minimum Gasteiger partial charge on any atom is -0.497 e. The Morgan fingerprint density at radius 2 is 2.14 bits per heavy atom. The lowest BCUT2D eigenvalue weighted by Crippen LogP contribution is -2.17. The van der Waals surface area contributed by atoms with Gasteiger partial charge in [0.15, 0.2) is 0 Å². The van der Waals surface area contributed by atoms with Crippen molar-refractivity contribution in [3.05, 3.63) is 59.4 Å². The van der Waals surface area contributed by atoms with E-state index < -0.39 is 0 Å². The third-order valence-electron chi connectivity index (χ3n) is 2.96. The molecule has 21 heavy (non-hydrogen) atoms. The summed E-state index contributed by atoms with van der Waals surface area (Å²) < 4.78 is 5.18. The quantitative estimate of drug-likeness (QED) is 0.891. The third kappa shape index (κ3) is 4.49. The zero-order chi connectivity index (χ0) is 15.1. The third-order valence-corrected chi connectivity index (χ3v) is 4.00. The van der Waals surface area contributed by atoms with Crippen LogP contribution in [0.25, 0.3) is 0 Å². The second-order valence-corrected chi connectivity index (χ2v) is 5.44. The van der Waals surface area contributed by atoms with Gasteiger partial charge in [-0.25, -0.2) is 0 Å². The van der Waals surface area contributed by atoms with Crippen LogP contribution in [-0.4, -0.2) is 25.0 Å². The molecule has 1 N–H and O–H groups in total. The molecule has 2 rings (SSSR count). The van der Waals surface area contributed by atoms with E-state index in [1.54, 1.807) is 32.1 Å². The Bertz CT molecular complexity index is 617. The highest BCUT2D eigenvalue weighted by molar-refractivity contribution is 7.97. The molecule has 1 aromatic carbocycles. The van der Waals surface area contributed by atoms with Crippen LogP contribution >= 0.6 is 11.8 Å². The number of hydrogen-bond acceptors (Lipinski definition) is 4. The minimum absolute atomic E-state index is 0.0590. The highest BCUT2D eigenvalue weighted by Crippen LogP contribution is 2.19. The van der Waals surface area contributed by atoms with Crippen molar-refractivity contribution in [2.24, 2.45) is 0 Å².